The van der Waals surface area contributed by atoms with Gasteiger partial charge in [0, 0.05) is 29.7 Å². The summed E-state index contributed by atoms with van der Waals surface area (Å²) in [4.78, 5) is 30.5. The van der Waals surface area contributed by atoms with Crippen LogP contribution in [-0.4, -0.2) is 44.0 Å². The molecule has 4 rings (SSSR count). The molecule has 7 heteroatoms. The maximum Gasteiger partial charge on any atom is 0.350 e. The lowest BCUT2D eigenvalue weighted by atomic mass is 9.81. The van der Waals surface area contributed by atoms with Crippen LogP contribution in [0.2, 0.25) is 0 Å². The topological polar surface area (TPSA) is 65.1 Å². The van der Waals surface area contributed by atoms with Gasteiger partial charge in [0.05, 0.1) is 26.0 Å². The van der Waals surface area contributed by atoms with Crippen LogP contribution in [0, 0.1) is 11.8 Å². The van der Waals surface area contributed by atoms with Crippen LogP contribution in [0.4, 0.5) is 5.69 Å². The normalized spacial score (nSPS) is 25.8. The lowest BCUT2D eigenvalue weighted by Gasteiger charge is -2.42. The number of methoxy groups -OCH3 is 1. The van der Waals surface area contributed by atoms with Crippen molar-refractivity contribution < 1.29 is 23.8 Å². The van der Waals surface area contributed by atoms with Crippen molar-refractivity contribution in [3.63, 3.8) is 0 Å². The Kier molecular flexibility index (Phi) is 7.23. The van der Waals surface area contributed by atoms with E-state index in [4.69, 9.17) is 14.2 Å². The largest absolute Gasteiger partial charge is 0.465 e. The number of thiophene rings is 1. The van der Waals surface area contributed by atoms with Gasteiger partial charge in [-0.2, -0.15) is 0 Å². The van der Waals surface area contributed by atoms with Gasteiger partial charge >= 0.3 is 5.97 Å². The number of carbonyl (C=O) groups is 2. The second kappa shape index (κ2) is 9.67. The molecule has 1 aliphatic heterocycles. The predicted octanol–water partition coefficient (Wildman–Crippen LogP) is 5.68. The Bertz CT molecular complexity index is 849. The van der Waals surface area contributed by atoms with Gasteiger partial charge in [-0.1, -0.05) is 27.7 Å². The fourth-order valence-corrected chi connectivity index (χ4v) is 6.58. The van der Waals surface area contributed by atoms with Gasteiger partial charge in [0.2, 0.25) is 5.91 Å². The Labute approximate surface area is 202 Å². The monoisotopic (exact) mass is 477 g/mol. The minimum atomic E-state index is -0.484. The summed E-state index contributed by atoms with van der Waals surface area (Å²) in [7, 11) is 1.41. The molecule has 1 aromatic rings. The van der Waals surface area contributed by atoms with Gasteiger partial charge in [-0.25, -0.2) is 4.79 Å². The summed E-state index contributed by atoms with van der Waals surface area (Å²) < 4.78 is 17.0. The minimum absolute atomic E-state index is 0.0135. The molecule has 0 atom stereocenters. The molecule has 0 aromatic carbocycles. The van der Waals surface area contributed by atoms with Crippen molar-refractivity contribution in [3.8, 4) is 0 Å². The van der Waals surface area contributed by atoms with E-state index < -0.39 is 5.79 Å². The summed E-state index contributed by atoms with van der Waals surface area (Å²) in [5.41, 5.74) is 0.609. The number of rotatable bonds is 4. The molecule has 33 heavy (non-hydrogen) atoms. The standard InChI is InChI=1S/C26H39NO5S/c1-17-6-8-18(9-7-17)23(28)27(19-10-12-26(13-11-19)31-14-15-32-26)20-16-21(25(2,3)4)33-22(20)24(29)30-5/h16-19H,6-15H2,1-5H3. The van der Waals surface area contributed by atoms with Crippen LogP contribution in [0.5, 0.6) is 0 Å². The van der Waals surface area contributed by atoms with Gasteiger partial charge in [-0.3, -0.25) is 4.79 Å². The summed E-state index contributed by atoms with van der Waals surface area (Å²) in [6, 6.07) is 2.09. The molecule has 2 heterocycles. The number of ether oxygens (including phenoxy) is 3. The van der Waals surface area contributed by atoms with E-state index in [-0.39, 0.29) is 29.3 Å². The average molecular weight is 478 g/mol. The molecule has 2 saturated carbocycles. The first-order valence-corrected chi connectivity index (χ1v) is 13.3. The molecule has 184 valence electrons. The highest BCUT2D eigenvalue weighted by Crippen LogP contribution is 2.44. The zero-order chi connectivity index (χ0) is 23.8. The van der Waals surface area contributed by atoms with E-state index in [1.54, 1.807) is 0 Å². The maximum absolute atomic E-state index is 14.1. The van der Waals surface area contributed by atoms with Gasteiger partial charge in [-0.15, -0.1) is 11.3 Å². The predicted molar refractivity (Wildman–Crippen MR) is 130 cm³/mol. The minimum Gasteiger partial charge on any atom is -0.465 e. The van der Waals surface area contributed by atoms with E-state index in [9.17, 15) is 9.59 Å². The average Bonchev–Trinajstić information content (AvgIpc) is 3.43. The van der Waals surface area contributed by atoms with Gasteiger partial charge < -0.3 is 19.1 Å². The summed E-state index contributed by atoms with van der Waals surface area (Å²) in [6.07, 6.45) is 7.15. The molecule has 3 fully saturated rings. The van der Waals surface area contributed by atoms with Crippen molar-refractivity contribution in [2.24, 2.45) is 11.8 Å². The molecule has 1 spiro atoms. The molecule has 0 unspecified atom stereocenters. The number of amides is 1. The first-order chi connectivity index (χ1) is 15.6. The molecule has 1 amide bonds. The lowest BCUT2D eigenvalue weighted by molar-refractivity contribution is -0.179. The zero-order valence-corrected chi connectivity index (χ0v) is 21.6. The quantitative estimate of drug-likeness (QED) is 0.522. The number of hydrogen-bond donors (Lipinski definition) is 0. The lowest BCUT2D eigenvalue weighted by Crippen LogP contribution is -2.49. The maximum atomic E-state index is 14.1. The fraction of sp³-hybridized carbons (Fsp3) is 0.769. The van der Waals surface area contributed by atoms with Crippen LogP contribution >= 0.6 is 11.3 Å². The highest BCUT2D eigenvalue weighted by atomic mass is 32.1. The summed E-state index contributed by atoms with van der Waals surface area (Å²) in [6.45, 7) is 9.95. The third kappa shape index (κ3) is 5.15. The Morgan fingerprint density at radius 1 is 1.06 bits per heavy atom. The highest BCUT2D eigenvalue weighted by molar-refractivity contribution is 7.14. The molecular weight excluding hydrogens is 438 g/mol. The summed E-state index contributed by atoms with van der Waals surface area (Å²) in [5.74, 6) is 0.00405. The Hall–Kier alpha value is -1.44. The third-order valence-electron chi connectivity index (χ3n) is 7.58. The molecule has 1 saturated heterocycles. The van der Waals surface area contributed by atoms with Crippen LogP contribution in [0.3, 0.4) is 0 Å². The number of nitrogens with zero attached hydrogens (tertiary/aromatic N) is 1. The highest BCUT2D eigenvalue weighted by Gasteiger charge is 2.44. The molecule has 2 aliphatic carbocycles. The molecule has 3 aliphatic rings. The first kappa shape index (κ1) is 24.7. The number of esters is 1. The van der Waals surface area contributed by atoms with E-state index >= 15 is 0 Å². The van der Waals surface area contributed by atoms with Crippen LogP contribution in [-0.2, 0) is 24.4 Å². The van der Waals surface area contributed by atoms with E-state index in [0.717, 1.165) is 61.9 Å². The summed E-state index contributed by atoms with van der Waals surface area (Å²) in [5, 5.41) is 0. The molecule has 0 radical (unpaired) electrons. The van der Waals surface area contributed by atoms with Crippen molar-refractivity contribution in [2.45, 2.75) is 96.3 Å². The van der Waals surface area contributed by atoms with Crippen molar-refractivity contribution in [2.75, 3.05) is 25.2 Å². The van der Waals surface area contributed by atoms with Gasteiger partial charge in [0.25, 0.3) is 0 Å². The molecule has 1 aromatic heterocycles. The van der Waals surface area contributed by atoms with Gasteiger partial charge in [0.1, 0.15) is 4.88 Å². The molecule has 0 N–H and O–H groups in total. The number of carbonyl (C=O) groups excluding carboxylic acids is 2. The molecule has 6 nitrogen and oxygen atoms in total. The van der Waals surface area contributed by atoms with E-state index in [1.807, 2.05) is 4.90 Å². The number of anilines is 1. The van der Waals surface area contributed by atoms with E-state index in [1.165, 1.54) is 18.4 Å². The van der Waals surface area contributed by atoms with Gasteiger partial charge in [-0.05, 0) is 55.9 Å². The molecular formula is C26H39NO5S. The summed E-state index contributed by atoms with van der Waals surface area (Å²) >= 11 is 1.46. The van der Waals surface area contributed by atoms with Crippen LogP contribution in [0.1, 0.15) is 93.6 Å². The van der Waals surface area contributed by atoms with Crippen LogP contribution < -0.4 is 4.90 Å². The first-order valence-electron chi connectivity index (χ1n) is 12.5. The van der Waals surface area contributed by atoms with E-state index in [0.29, 0.717) is 24.0 Å². The zero-order valence-electron chi connectivity index (χ0n) is 20.8. The molecule has 0 bridgehead atoms. The van der Waals surface area contributed by atoms with Crippen LogP contribution in [0.15, 0.2) is 6.07 Å². The third-order valence-corrected chi connectivity index (χ3v) is 9.11. The smallest absolute Gasteiger partial charge is 0.350 e. The van der Waals surface area contributed by atoms with Crippen molar-refractivity contribution in [1.82, 2.24) is 0 Å². The second-order valence-corrected chi connectivity index (χ2v) is 12.1. The second-order valence-electron chi connectivity index (χ2n) is 11.1. The Balaban J connectivity index is 1.69. The Morgan fingerprint density at radius 2 is 1.67 bits per heavy atom. The van der Waals surface area contributed by atoms with Crippen molar-refractivity contribution in [3.05, 3.63) is 15.8 Å². The van der Waals surface area contributed by atoms with Gasteiger partial charge in [0.15, 0.2) is 5.79 Å². The van der Waals surface area contributed by atoms with Crippen molar-refractivity contribution in [1.29, 1.82) is 0 Å². The van der Waals surface area contributed by atoms with Crippen LogP contribution in [0.25, 0.3) is 0 Å². The van der Waals surface area contributed by atoms with Crippen molar-refractivity contribution >= 4 is 28.9 Å². The fourth-order valence-electron chi connectivity index (χ4n) is 5.45. The SMILES string of the molecule is COC(=O)c1sc(C(C)(C)C)cc1N(C(=O)C1CCC(C)CC1)C1CCC2(CC1)OCCO2. The number of hydrogen-bond acceptors (Lipinski definition) is 6. The Morgan fingerprint density at radius 3 is 2.21 bits per heavy atom. The van der Waals surface area contributed by atoms with E-state index in [2.05, 4.69) is 33.8 Å².